The Morgan fingerprint density at radius 2 is 1.65 bits per heavy atom. The van der Waals surface area contributed by atoms with Crippen LogP contribution in [0.2, 0.25) is 0 Å². The maximum Gasteiger partial charge on any atom is 0.332 e. The molecule has 0 radical (unpaired) electrons. The van der Waals surface area contributed by atoms with Crippen molar-refractivity contribution in [1.29, 1.82) is 0 Å². The van der Waals surface area contributed by atoms with Crippen LogP contribution in [0.15, 0.2) is 72.4 Å². The lowest BCUT2D eigenvalue weighted by Gasteiger charge is -2.12. The van der Waals surface area contributed by atoms with E-state index in [0.29, 0.717) is 26.4 Å². The molecule has 0 spiro atoms. The summed E-state index contributed by atoms with van der Waals surface area (Å²) in [4.78, 5) is 11.8. The van der Waals surface area contributed by atoms with Gasteiger partial charge in [-0.3, -0.25) is 0 Å². The number of hydrogen-bond donors (Lipinski definition) is 1. The highest BCUT2D eigenvalue weighted by atomic mass is 16.5. The maximum atomic E-state index is 11.8. The van der Waals surface area contributed by atoms with Crippen LogP contribution in [0, 0.1) is 0 Å². The van der Waals surface area contributed by atoms with Crippen LogP contribution in [0.1, 0.15) is 30.9 Å². The van der Waals surface area contributed by atoms with E-state index in [4.69, 9.17) is 9.47 Å². The van der Waals surface area contributed by atoms with Gasteiger partial charge in [-0.05, 0) is 30.9 Å². The minimum Gasteiger partial charge on any atom is -0.463 e. The summed E-state index contributed by atoms with van der Waals surface area (Å²) < 4.78 is 10.7. The first-order chi connectivity index (χ1) is 12.8. The number of allylic oxidation sites excluding steroid dienone is 1. The zero-order chi connectivity index (χ0) is 18.5. The van der Waals surface area contributed by atoms with Gasteiger partial charge in [0.1, 0.15) is 0 Å². The molecule has 4 nitrogen and oxygen atoms in total. The predicted molar refractivity (Wildman–Crippen MR) is 103 cm³/mol. The van der Waals surface area contributed by atoms with E-state index in [1.807, 2.05) is 48.5 Å². The molecule has 2 aromatic rings. The fourth-order valence-corrected chi connectivity index (χ4v) is 2.48. The molecular weight excluding hydrogens is 326 g/mol. The van der Waals surface area contributed by atoms with E-state index in [0.717, 1.165) is 24.1 Å². The summed E-state index contributed by atoms with van der Waals surface area (Å²) in [5.41, 5.74) is 3.20. The summed E-state index contributed by atoms with van der Waals surface area (Å²) in [5, 5.41) is 3.34. The van der Waals surface area contributed by atoms with Gasteiger partial charge in [0.05, 0.1) is 13.2 Å². The molecule has 0 fully saturated rings. The molecule has 2 rings (SSSR count). The molecule has 0 bridgehead atoms. The molecule has 138 valence electrons. The van der Waals surface area contributed by atoms with Crippen molar-refractivity contribution in [3.63, 3.8) is 0 Å². The van der Waals surface area contributed by atoms with Crippen LogP contribution in [0.25, 0.3) is 0 Å². The second-order valence-corrected chi connectivity index (χ2v) is 5.90. The van der Waals surface area contributed by atoms with E-state index in [1.165, 1.54) is 5.56 Å². The first kappa shape index (κ1) is 19.7. The fraction of sp³-hybridized carbons (Fsp3) is 0.318. The molecule has 2 aromatic carbocycles. The van der Waals surface area contributed by atoms with Gasteiger partial charge in [-0.1, -0.05) is 60.7 Å². The van der Waals surface area contributed by atoms with Crippen LogP contribution in [0.3, 0.4) is 0 Å². The number of hydrogen-bond acceptors (Lipinski definition) is 4. The molecule has 0 unspecified atom stereocenters. The van der Waals surface area contributed by atoms with Crippen LogP contribution >= 0.6 is 0 Å². The van der Waals surface area contributed by atoms with Crippen molar-refractivity contribution in [2.75, 3.05) is 13.2 Å². The minimum absolute atomic E-state index is 0.312. The number of rotatable bonds is 11. The quantitative estimate of drug-likeness (QED) is 0.373. The van der Waals surface area contributed by atoms with Crippen LogP contribution < -0.4 is 5.32 Å². The number of carbonyl (C=O) groups excluding carboxylic acids is 1. The molecule has 0 aliphatic carbocycles. The Balaban J connectivity index is 1.78. The standard InChI is InChI=1S/C22H27NO3/c1-2-26-22(24)16-21(23-17-19-10-5-3-6-11-19)14-9-15-25-18-20-12-7-4-8-13-20/h3-8,10-13,16,23H,2,9,14-15,17-18H2,1H3/b21-16+. The Morgan fingerprint density at radius 1 is 1.00 bits per heavy atom. The zero-order valence-electron chi connectivity index (χ0n) is 15.3. The first-order valence-electron chi connectivity index (χ1n) is 9.04. The largest absolute Gasteiger partial charge is 0.463 e. The van der Waals surface area contributed by atoms with Crippen molar-refractivity contribution in [3.05, 3.63) is 83.6 Å². The van der Waals surface area contributed by atoms with Gasteiger partial charge in [-0.2, -0.15) is 0 Å². The third-order valence-electron chi connectivity index (χ3n) is 3.79. The SMILES string of the molecule is CCOC(=O)/C=C(\CCCOCc1ccccc1)NCc1ccccc1. The smallest absolute Gasteiger partial charge is 0.332 e. The Kier molecular flexibility index (Phi) is 9.01. The minimum atomic E-state index is -0.312. The van der Waals surface area contributed by atoms with Gasteiger partial charge < -0.3 is 14.8 Å². The molecular formula is C22H27NO3. The molecule has 0 saturated heterocycles. The fourth-order valence-electron chi connectivity index (χ4n) is 2.48. The van der Waals surface area contributed by atoms with Gasteiger partial charge >= 0.3 is 5.97 Å². The second-order valence-electron chi connectivity index (χ2n) is 5.90. The van der Waals surface area contributed by atoms with Crippen molar-refractivity contribution >= 4 is 5.97 Å². The molecule has 0 aliphatic heterocycles. The number of esters is 1. The first-order valence-corrected chi connectivity index (χ1v) is 9.04. The van der Waals surface area contributed by atoms with Crippen LogP contribution in [-0.4, -0.2) is 19.2 Å². The van der Waals surface area contributed by atoms with E-state index < -0.39 is 0 Å². The van der Waals surface area contributed by atoms with Crippen molar-refractivity contribution in [3.8, 4) is 0 Å². The molecule has 26 heavy (non-hydrogen) atoms. The lowest BCUT2D eigenvalue weighted by atomic mass is 10.2. The molecule has 0 saturated carbocycles. The maximum absolute atomic E-state index is 11.8. The highest BCUT2D eigenvalue weighted by Gasteiger charge is 2.04. The van der Waals surface area contributed by atoms with E-state index in [2.05, 4.69) is 17.4 Å². The van der Waals surface area contributed by atoms with Crippen molar-refractivity contribution in [2.24, 2.45) is 0 Å². The van der Waals surface area contributed by atoms with Crippen LogP contribution in [-0.2, 0) is 27.4 Å². The highest BCUT2D eigenvalue weighted by Crippen LogP contribution is 2.07. The number of carbonyl (C=O) groups is 1. The van der Waals surface area contributed by atoms with Crippen LogP contribution in [0.4, 0.5) is 0 Å². The average Bonchev–Trinajstić information content (AvgIpc) is 2.67. The molecule has 0 aliphatic rings. The van der Waals surface area contributed by atoms with E-state index in [9.17, 15) is 4.79 Å². The number of benzene rings is 2. The number of ether oxygens (including phenoxy) is 2. The summed E-state index contributed by atoms with van der Waals surface area (Å²) in [7, 11) is 0. The van der Waals surface area contributed by atoms with Gasteiger partial charge in [-0.25, -0.2) is 4.79 Å². The average molecular weight is 353 g/mol. The van der Waals surface area contributed by atoms with Crippen molar-refractivity contribution in [1.82, 2.24) is 5.32 Å². The molecule has 0 heterocycles. The Hall–Kier alpha value is -2.59. The van der Waals surface area contributed by atoms with Gasteiger partial charge in [0.15, 0.2) is 0 Å². The normalized spacial score (nSPS) is 11.2. The van der Waals surface area contributed by atoms with Gasteiger partial charge in [0.2, 0.25) is 0 Å². The van der Waals surface area contributed by atoms with E-state index in [1.54, 1.807) is 13.0 Å². The lowest BCUT2D eigenvalue weighted by Crippen LogP contribution is -2.16. The zero-order valence-corrected chi connectivity index (χ0v) is 15.3. The highest BCUT2D eigenvalue weighted by molar-refractivity contribution is 5.82. The Labute approximate surface area is 155 Å². The van der Waals surface area contributed by atoms with Crippen molar-refractivity contribution in [2.45, 2.75) is 32.9 Å². The summed E-state index contributed by atoms with van der Waals surface area (Å²) >= 11 is 0. The third kappa shape index (κ3) is 7.99. The molecule has 1 N–H and O–H groups in total. The molecule has 0 atom stereocenters. The molecule has 0 aromatic heterocycles. The molecule has 0 amide bonds. The monoisotopic (exact) mass is 353 g/mol. The van der Waals surface area contributed by atoms with Crippen molar-refractivity contribution < 1.29 is 14.3 Å². The Bertz CT molecular complexity index is 668. The second kappa shape index (κ2) is 11.9. The topological polar surface area (TPSA) is 47.6 Å². The van der Waals surface area contributed by atoms with Gasteiger partial charge in [0, 0.05) is 24.9 Å². The predicted octanol–water partition coefficient (Wildman–Crippen LogP) is 4.22. The lowest BCUT2D eigenvalue weighted by molar-refractivity contribution is -0.137. The van der Waals surface area contributed by atoms with Gasteiger partial charge in [-0.15, -0.1) is 0 Å². The van der Waals surface area contributed by atoms with Crippen LogP contribution in [0.5, 0.6) is 0 Å². The summed E-state index contributed by atoms with van der Waals surface area (Å²) in [6.07, 6.45) is 3.12. The summed E-state index contributed by atoms with van der Waals surface area (Å²) in [5.74, 6) is -0.312. The Morgan fingerprint density at radius 3 is 2.31 bits per heavy atom. The van der Waals surface area contributed by atoms with E-state index >= 15 is 0 Å². The summed E-state index contributed by atoms with van der Waals surface area (Å²) in [6, 6.07) is 20.2. The summed E-state index contributed by atoms with van der Waals surface area (Å²) in [6.45, 7) is 4.11. The third-order valence-corrected chi connectivity index (χ3v) is 3.79. The van der Waals surface area contributed by atoms with E-state index in [-0.39, 0.29) is 5.97 Å². The number of nitrogens with one attached hydrogen (secondary N) is 1. The van der Waals surface area contributed by atoms with Gasteiger partial charge in [0.25, 0.3) is 0 Å². The molecule has 4 heteroatoms.